The van der Waals surface area contributed by atoms with E-state index in [1.165, 1.54) is 0 Å². The van der Waals surface area contributed by atoms with E-state index in [4.69, 9.17) is 4.74 Å². The quantitative estimate of drug-likeness (QED) is 0.775. The first kappa shape index (κ1) is 21.1. The van der Waals surface area contributed by atoms with Gasteiger partial charge in [-0.1, -0.05) is 18.2 Å². The van der Waals surface area contributed by atoms with Crippen LogP contribution in [0.1, 0.15) is 48.3 Å². The van der Waals surface area contributed by atoms with E-state index in [2.05, 4.69) is 36.8 Å². The number of likely N-dealkylation sites (tertiary alicyclic amines) is 1. The number of para-hydroxylation sites is 1. The number of rotatable bonds is 4. The van der Waals surface area contributed by atoms with Gasteiger partial charge < -0.3 is 9.64 Å². The first-order chi connectivity index (χ1) is 14.4. The highest BCUT2D eigenvalue weighted by atomic mass is 16.5. The summed E-state index contributed by atoms with van der Waals surface area (Å²) in [6.07, 6.45) is 4.48. The van der Waals surface area contributed by atoms with E-state index in [1.807, 2.05) is 34.7 Å². The van der Waals surface area contributed by atoms with E-state index >= 15 is 0 Å². The second-order valence-corrected chi connectivity index (χ2v) is 9.05. The Hall–Kier alpha value is -2.18. The molecule has 30 heavy (non-hydrogen) atoms. The number of morpholine rings is 1. The zero-order valence-corrected chi connectivity index (χ0v) is 18.7. The normalized spacial score (nSPS) is 23.7. The molecule has 2 fully saturated rings. The number of amides is 1. The van der Waals surface area contributed by atoms with Crippen LogP contribution in [0.2, 0.25) is 0 Å². The molecule has 3 heterocycles. The standard InChI is InChI=1S/C24H34N4O2/c1-17-7-5-6-8-23(17)28-20(4)22(13-25-28)24(29)27-11-9-21(10-12-27)16-26-14-18(2)30-19(3)15-26/h5-8,13,18-19,21H,9-12,14-16H2,1-4H3. The van der Waals surface area contributed by atoms with Gasteiger partial charge in [-0.15, -0.1) is 0 Å². The average molecular weight is 411 g/mol. The fourth-order valence-corrected chi connectivity index (χ4v) is 4.95. The van der Waals surface area contributed by atoms with Crippen molar-refractivity contribution < 1.29 is 9.53 Å². The number of hydrogen-bond donors (Lipinski definition) is 0. The minimum atomic E-state index is 0.111. The van der Waals surface area contributed by atoms with Gasteiger partial charge in [-0.3, -0.25) is 9.69 Å². The first-order valence-corrected chi connectivity index (χ1v) is 11.2. The number of carbonyl (C=O) groups excluding carboxylic acids is 1. The predicted octanol–water partition coefficient (Wildman–Crippen LogP) is 3.45. The third kappa shape index (κ3) is 4.44. The number of nitrogens with zero attached hydrogens (tertiary/aromatic N) is 4. The van der Waals surface area contributed by atoms with Gasteiger partial charge in [0, 0.05) is 32.7 Å². The molecule has 4 rings (SSSR count). The van der Waals surface area contributed by atoms with Crippen molar-refractivity contribution in [3.63, 3.8) is 0 Å². The molecule has 0 N–H and O–H groups in total. The molecule has 2 aliphatic heterocycles. The summed E-state index contributed by atoms with van der Waals surface area (Å²) in [5.41, 5.74) is 3.80. The summed E-state index contributed by atoms with van der Waals surface area (Å²) in [5.74, 6) is 0.765. The van der Waals surface area contributed by atoms with Crippen LogP contribution in [-0.4, -0.2) is 70.4 Å². The maximum atomic E-state index is 13.2. The van der Waals surface area contributed by atoms with Gasteiger partial charge in [0.1, 0.15) is 0 Å². The molecule has 1 aromatic heterocycles. The molecular weight excluding hydrogens is 376 g/mol. The molecular formula is C24H34N4O2. The Morgan fingerprint density at radius 3 is 2.43 bits per heavy atom. The summed E-state index contributed by atoms with van der Waals surface area (Å²) in [4.78, 5) is 17.7. The first-order valence-electron chi connectivity index (χ1n) is 11.2. The Bertz CT molecular complexity index is 875. The van der Waals surface area contributed by atoms with Crippen LogP contribution in [0, 0.1) is 19.8 Å². The molecule has 0 spiro atoms. The molecule has 2 saturated heterocycles. The number of hydrogen-bond acceptors (Lipinski definition) is 4. The number of carbonyl (C=O) groups is 1. The molecule has 0 radical (unpaired) electrons. The van der Waals surface area contributed by atoms with Crippen LogP contribution in [-0.2, 0) is 4.74 Å². The molecule has 2 aromatic rings. The number of benzene rings is 1. The summed E-state index contributed by atoms with van der Waals surface area (Å²) in [7, 11) is 0. The van der Waals surface area contributed by atoms with Crippen LogP contribution in [0.25, 0.3) is 5.69 Å². The largest absolute Gasteiger partial charge is 0.373 e. The maximum Gasteiger partial charge on any atom is 0.257 e. The molecule has 6 heteroatoms. The maximum absolute atomic E-state index is 13.2. The Morgan fingerprint density at radius 1 is 1.10 bits per heavy atom. The van der Waals surface area contributed by atoms with Crippen LogP contribution in [0.4, 0.5) is 0 Å². The number of aromatic nitrogens is 2. The summed E-state index contributed by atoms with van der Waals surface area (Å²) in [5, 5.41) is 4.52. The summed E-state index contributed by atoms with van der Waals surface area (Å²) >= 11 is 0. The van der Waals surface area contributed by atoms with E-state index in [9.17, 15) is 4.79 Å². The summed E-state index contributed by atoms with van der Waals surface area (Å²) in [6, 6.07) is 8.14. The molecule has 2 aliphatic rings. The van der Waals surface area contributed by atoms with E-state index in [0.717, 1.165) is 62.5 Å². The highest BCUT2D eigenvalue weighted by Crippen LogP contribution is 2.24. The van der Waals surface area contributed by atoms with Gasteiger partial charge in [0.05, 0.1) is 35.3 Å². The average Bonchev–Trinajstić information content (AvgIpc) is 3.09. The van der Waals surface area contributed by atoms with Gasteiger partial charge in [-0.2, -0.15) is 5.10 Å². The van der Waals surface area contributed by atoms with Crippen molar-refractivity contribution in [2.45, 2.75) is 52.7 Å². The molecule has 1 aromatic carbocycles. The van der Waals surface area contributed by atoms with Crippen molar-refractivity contribution in [1.82, 2.24) is 19.6 Å². The van der Waals surface area contributed by atoms with E-state index in [1.54, 1.807) is 6.20 Å². The van der Waals surface area contributed by atoms with Crippen molar-refractivity contribution in [3.8, 4) is 5.69 Å². The summed E-state index contributed by atoms with van der Waals surface area (Å²) < 4.78 is 7.74. The third-order valence-electron chi connectivity index (χ3n) is 6.50. The Morgan fingerprint density at radius 2 is 1.77 bits per heavy atom. The molecule has 2 atom stereocenters. The highest BCUT2D eigenvalue weighted by Gasteiger charge is 2.29. The van der Waals surface area contributed by atoms with Crippen LogP contribution in [0.3, 0.4) is 0 Å². The highest BCUT2D eigenvalue weighted by molar-refractivity contribution is 5.95. The second kappa shape index (κ2) is 8.90. The van der Waals surface area contributed by atoms with Gasteiger partial charge in [0.2, 0.25) is 0 Å². The van der Waals surface area contributed by atoms with Gasteiger partial charge in [0.15, 0.2) is 0 Å². The molecule has 1 amide bonds. The van der Waals surface area contributed by atoms with Gasteiger partial charge in [0.25, 0.3) is 5.91 Å². The van der Waals surface area contributed by atoms with E-state index < -0.39 is 0 Å². The molecule has 6 nitrogen and oxygen atoms in total. The predicted molar refractivity (Wildman–Crippen MR) is 118 cm³/mol. The van der Waals surface area contributed by atoms with Crippen molar-refractivity contribution in [2.24, 2.45) is 5.92 Å². The lowest BCUT2D eigenvalue weighted by Crippen LogP contribution is -2.48. The van der Waals surface area contributed by atoms with Crippen LogP contribution < -0.4 is 0 Å². The van der Waals surface area contributed by atoms with E-state index in [0.29, 0.717) is 23.7 Å². The molecule has 2 unspecified atom stereocenters. The van der Waals surface area contributed by atoms with E-state index in [-0.39, 0.29) is 5.91 Å². The summed E-state index contributed by atoms with van der Waals surface area (Å²) in [6.45, 7) is 13.2. The third-order valence-corrected chi connectivity index (χ3v) is 6.50. The fraction of sp³-hybridized carbons (Fsp3) is 0.583. The number of aryl methyl sites for hydroxylation is 1. The van der Waals surface area contributed by atoms with Crippen LogP contribution >= 0.6 is 0 Å². The van der Waals surface area contributed by atoms with Crippen molar-refractivity contribution in [2.75, 3.05) is 32.7 Å². The lowest BCUT2D eigenvalue weighted by molar-refractivity contribution is -0.0728. The lowest BCUT2D eigenvalue weighted by atomic mass is 9.95. The van der Waals surface area contributed by atoms with Gasteiger partial charge in [-0.05, 0) is 58.1 Å². The molecule has 0 bridgehead atoms. The zero-order chi connectivity index (χ0) is 21.3. The molecule has 0 aliphatic carbocycles. The monoisotopic (exact) mass is 410 g/mol. The van der Waals surface area contributed by atoms with Crippen LogP contribution in [0.5, 0.6) is 0 Å². The Balaban J connectivity index is 1.36. The van der Waals surface area contributed by atoms with Crippen LogP contribution in [0.15, 0.2) is 30.5 Å². The number of piperidine rings is 1. The fourth-order valence-electron chi connectivity index (χ4n) is 4.95. The second-order valence-electron chi connectivity index (χ2n) is 9.05. The minimum Gasteiger partial charge on any atom is -0.373 e. The molecule has 0 saturated carbocycles. The SMILES string of the molecule is Cc1ccccc1-n1ncc(C(=O)N2CCC(CN3CC(C)OC(C)C3)CC2)c1C. The Labute approximate surface area is 179 Å². The topological polar surface area (TPSA) is 50.6 Å². The lowest BCUT2D eigenvalue weighted by Gasteiger charge is -2.39. The van der Waals surface area contributed by atoms with Crippen molar-refractivity contribution >= 4 is 5.91 Å². The Kier molecular flexibility index (Phi) is 6.25. The minimum absolute atomic E-state index is 0.111. The van der Waals surface area contributed by atoms with Crippen molar-refractivity contribution in [1.29, 1.82) is 0 Å². The molecule has 162 valence electrons. The van der Waals surface area contributed by atoms with Gasteiger partial charge >= 0.3 is 0 Å². The zero-order valence-electron chi connectivity index (χ0n) is 18.7. The smallest absolute Gasteiger partial charge is 0.257 e. The van der Waals surface area contributed by atoms with Gasteiger partial charge in [-0.25, -0.2) is 4.68 Å². The number of ether oxygens (including phenoxy) is 1. The van der Waals surface area contributed by atoms with Crippen molar-refractivity contribution in [3.05, 3.63) is 47.3 Å².